The van der Waals surface area contributed by atoms with Gasteiger partial charge in [-0.05, 0) is 46.2 Å². The Morgan fingerprint density at radius 2 is 1.75 bits per heavy atom. The molecule has 0 bridgehead atoms. The molecular weight excluding hydrogens is 198 g/mol. The van der Waals surface area contributed by atoms with Crippen molar-refractivity contribution in [3.05, 3.63) is 0 Å². The van der Waals surface area contributed by atoms with Gasteiger partial charge in [0.1, 0.15) is 0 Å². The van der Waals surface area contributed by atoms with Crippen molar-refractivity contribution in [3.63, 3.8) is 0 Å². The third kappa shape index (κ3) is 12.0. The Bertz CT molecular complexity index is 128. The predicted molar refractivity (Wildman–Crippen MR) is 72.0 cm³/mol. The van der Waals surface area contributed by atoms with Crippen LogP contribution < -0.4 is 5.32 Å². The zero-order chi connectivity index (χ0) is 12.1. The van der Waals surface area contributed by atoms with Crippen LogP contribution in [0.15, 0.2) is 0 Å². The first kappa shape index (κ1) is 15.9. The molecule has 1 N–H and O–H groups in total. The summed E-state index contributed by atoms with van der Waals surface area (Å²) in [7, 11) is 2.01. The number of ether oxygens (including phenoxy) is 1. The minimum atomic E-state index is 0.459. The van der Waals surface area contributed by atoms with Crippen LogP contribution in [0.5, 0.6) is 0 Å². The van der Waals surface area contributed by atoms with Crippen LogP contribution >= 0.6 is 0 Å². The van der Waals surface area contributed by atoms with Gasteiger partial charge >= 0.3 is 0 Å². The molecule has 0 aliphatic heterocycles. The van der Waals surface area contributed by atoms with Gasteiger partial charge in [-0.25, -0.2) is 0 Å². The summed E-state index contributed by atoms with van der Waals surface area (Å²) in [4.78, 5) is 0. The van der Waals surface area contributed by atoms with E-state index in [2.05, 4.69) is 19.2 Å². The molecule has 16 heavy (non-hydrogen) atoms. The lowest BCUT2D eigenvalue weighted by molar-refractivity contribution is 0.0558. The first-order valence-corrected chi connectivity index (χ1v) is 7.07. The minimum Gasteiger partial charge on any atom is -0.379 e. The van der Waals surface area contributed by atoms with E-state index in [1.165, 1.54) is 51.4 Å². The van der Waals surface area contributed by atoms with Crippen molar-refractivity contribution in [2.24, 2.45) is 0 Å². The monoisotopic (exact) mass is 229 g/mol. The molecule has 0 aromatic rings. The largest absolute Gasteiger partial charge is 0.379 e. The zero-order valence-corrected chi connectivity index (χ0v) is 11.6. The summed E-state index contributed by atoms with van der Waals surface area (Å²) in [5.74, 6) is 0. The third-order valence-electron chi connectivity index (χ3n) is 2.94. The Kier molecular flexibility index (Phi) is 12.9. The van der Waals surface area contributed by atoms with Crippen LogP contribution in [0.1, 0.15) is 65.2 Å². The average molecular weight is 229 g/mol. The van der Waals surface area contributed by atoms with Gasteiger partial charge in [0.2, 0.25) is 0 Å². The maximum atomic E-state index is 5.78. The molecule has 0 rings (SSSR count). The van der Waals surface area contributed by atoms with Crippen LogP contribution in [0.4, 0.5) is 0 Å². The SMILES string of the molecule is CCCCCCC(C)OCCCCCNC. The van der Waals surface area contributed by atoms with Crippen LogP contribution in [0.2, 0.25) is 0 Å². The molecule has 0 amide bonds. The summed E-state index contributed by atoms with van der Waals surface area (Å²) in [5, 5.41) is 3.17. The van der Waals surface area contributed by atoms with Crippen molar-refractivity contribution >= 4 is 0 Å². The lowest BCUT2D eigenvalue weighted by atomic mass is 10.1. The van der Waals surface area contributed by atoms with Gasteiger partial charge < -0.3 is 10.1 Å². The topological polar surface area (TPSA) is 21.3 Å². The van der Waals surface area contributed by atoms with Crippen LogP contribution in [-0.4, -0.2) is 26.3 Å². The highest BCUT2D eigenvalue weighted by Crippen LogP contribution is 2.08. The normalized spacial score (nSPS) is 12.9. The number of unbranched alkanes of at least 4 members (excludes halogenated alkanes) is 5. The van der Waals surface area contributed by atoms with Gasteiger partial charge in [0, 0.05) is 6.61 Å². The van der Waals surface area contributed by atoms with E-state index in [0.29, 0.717) is 6.10 Å². The molecule has 0 saturated heterocycles. The Balaban J connectivity index is 3.08. The number of hydrogen-bond acceptors (Lipinski definition) is 2. The molecule has 0 aliphatic rings. The molecule has 1 atom stereocenters. The van der Waals surface area contributed by atoms with E-state index in [4.69, 9.17) is 4.74 Å². The molecule has 2 nitrogen and oxygen atoms in total. The Morgan fingerprint density at radius 3 is 2.44 bits per heavy atom. The smallest absolute Gasteiger partial charge is 0.0547 e. The van der Waals surface area contributed by atoms with Crippen LogP contribution in [0, 0.1) is 0 Å². The van der Waals surface area contributed by atoms with Crippen molar-refractivity contribution in [1.29, 1.82) is 0 Å². The fourth-order valence-electron chi connectivity index (χ4n) is 1.81. The highest BCUT2D eigenvalue weighted by Gasteiger charge is 2.01. The maximum absolute atomic E-state index is 5.78. The van der Waals surface area contributed by atoms with Crippen LogP contribution in [0.3, 0.4) is 0 Å². The lowest BCUT2D eigenvalue weighted by Crippen LogP contribution is -2.10. The van der Waals surface area contributed by atoms with Gasteiger partial charge in [-0.15, -0.1) is 0 Å². The fraction of sp³-hybridized carbons (Fsp3) is 1.00. The molecule has 1 unspecified atom stereocenters. The van der Waals surface area contributed by atoms with E-state index in [1.54, 1.807) is 0 Å². The first-order valence-electron chi connectivity index (χ1n) is 7.07. The number of nitrogens with one attached hydrogen (secondary N) is 1. The summed E-state index contributed by atoms with van der Waals surface area (Å²) in [6.07, 6.45) is 10.8. The summed E-state index contributed by atoms with van der Waals surface area (Å²) in [5.41, 5.74) is 0. The Labute approximate surface area is 102 Å². The third-order valence-corrected chi connectivity index (χ3v) is 2.94. The second kappa shape index (κ2) is 13.0. The van der Waals surface area contributed by atoms with Gasteiger partial charge in [-0.2, -0.15) is 0 Å². The highest BCUT2D eigenvalue weighted by molar-refractivity contribution is 4.52. The molecule has 98 valence electrons. The van der Waals surface area contributed by atoms with Gasteiger partial charge in [-0.1, -0.05) is 32.6 Å². The van der Waals surface area contributed by atoms with Gasteiger partial charge in [0.25, 0.3) is 0 Å². The molecule has 0 spiro atoms. The zero-order valence-electron chi connectivity index (χ0n) is 11.6. The number of rotatable bonds is 12. The molecule has 0 radical (unpaired) electrons. The molecule has 0 fully saturated rings. The maximum Gasteiger partial charge on any atom is 0.0547 e. The van der Waals surface area contributed by atoms with Crippen molar-refractivity contribution in [2.45, 2.75) is 71.3 Å². The lowest BCUT2D eigenvalue weighted by Gasteiger charge is -2.12. The summed E-state index contributed by atoms with van der Waals surface area (Å²) in [6.45, 7) is 6.54. The van der Waals surface area contributed by atoms with E-state index >= 15 is 0 Å². The van der Waals surface area contributed by atoms with E-state index in [1.807, 2.05) is 7.05 Å². The van der Waals surface area contributed by atoms with Crippen molar-refractivity contribution < 1.29 is 4.74 Å². The quantitative estimate of drug-likeness (QED) is 0.515. The molecule has 0 saturated carbocycles. The van der Waals surface area contributed by atoms with E-state index in [9.17, 15) is 0 Å². The average Bonchev–Trinajstić information content (AvgIpc) is 2.29. The minimum absolute atomic E-state index is 0.459. The van der Waals surface area contributed by atoms with E-state index in [-0.39, 0.29) is 0 Å². The van der Waals surface area contributed by atoms with E-state index < -0.39 is 0 Å². The number of hydrogen-bond donors (Lipinski definition) is 1. The molecule has 0 aromatic carbocycles. The van der Waals surface area contributed by atoms with Crippen molar-refractivity contribution in [3.8, 4) is 0 Å². The molecule has 0 aromatic heterocycles. The fourth-order valence-corrected chi connectivity index (χ4v) is 1.81. The second-order valence-corrected chi connectivity index (χ2v) is 4.69. The van der Waals surface area contributed by atoms with E-state index in [0.717, 1.165) is 13.2 Å². The Morgan fingerprint density at radius 1 is 1.00 bits per heavy atom. The van der Waals surface area contributed by atoms with Crippen LogP contribution in [-0.2, 0) is 4.74 Å². The van der Waals surface area contributed by atoms with Gasteiger partial charge in [0.05, 0.1) is 6.10 Å². The van der Waals surface area contributed by atoms with Gasteiger partial charge in [-0.3, -0.25) is 0 Å². The molecule has 0 aliphatic carbocycles. The Hall–Kier alpha value is -0.0800. The summed E-state index contributed by atoms with van der Waals surface area (Å²) < 4.78 is 5.78. The predicted octanol–water partition coefficient (Wildman–Crippen LogP) is 3.75. The molecule has 0 heterocycles. The van der Waals surface area contributed by atoms with Gasteiger partial charge in [0.15, 0.2) is 0 Å². The standard InChI is InChI=1S/C14H31NO/c1-4-5-6-8-11-14(2)16-13-10-7-9-12-15-3/h14-15H,4-13H2,1-3H3. The molecular formula is C14H31NO. The first-order chi connectivity index (χ1) is 7.81. The second-order valence-electron chi connectivity index (χ2n) is 4.69. The summed E-state index contributed by atoms with van der Waals surface area (Å²) in [6, 6.07) is 0. The van der Waals surface area contributed by atoms with Crippen molar-refractivity contribution in [1.82, 2.24) is 5.32 Å². The van der Waals surface area contributed by atoms with Crippen molar-refractivity contribution in [2.75, 3.05) is 20.2 Å². The van der Waals surface area contributed by atoms with Crippen LogP contribution in [0.25, 0.3) is 0 Å². The molecule has 2 heteroatoms. The highest BCUT2D eigenvalue weighted by atomic mass is 16.5. The summed E-state index contributed by atoms with van der Waals surface area (Å²) >= 11 is 0.